The van der Waals surface area contributed by atoms with E-state index in [0.717, 1.165) is 24.1 Å². The summed E-state index contributed by atoms with van der Waals surface area (Å²) >= 11 is 0. The van der Waals surface area contributed by atoms with Gasteiger partial charge in [-0.1, -0.05) is 12.8 Å². The smallest absolute Gasteiger partial charge is 0.123 e. The quantitative estimate of drug-likeness (QED) is 0.698. The molecule has 0 aromatic heterocycles. The van der Waals surface area contributed by atoms with Crippen LogP contribution in [-0.2, 0) is 6.42 Å². The molecular weight excluding hydrogens is 249 g/mol. The van der Waals surface area contributed by atoms with Crippen LogP contribution < -0.4 is 5.32 Å². The third-order valence-corrected chi connectivity index (χ3v) is 3.67. The third kappa shape index (κ3) is 6.51. The second-order valence-electron chi connectivity index (χ2n) is 6.86. The van der Waals surface area contributed by atoms with E-state index in [1.807, 2.05) is 13.8 Å². The van der Waals surface area contributed by atoms with Gasteiger partial charge in [-0.3, -0.25) is 0 Å². The molecule has 20 heavy (non-hydrogen) atoms. The van der Waals surface area contributed by atoms with Gasteiger partial charge in [0.25, 0.3) is 0 Å². The maximum atomic E-state index is 13.2. The highest BCUT2D eigenvalue weighted by Gasteiger charge is 2.07. The van der Waals surface area contributed by atoms with Crippen molar-refractivity contribution in [3.63, 3.8) is 0 Å². The van der Waals surface area contributed by atoms with E-state index in [-0.39, 0.29) is 11.4 Å². The molecule has 1 aromatic carbocycles. The monoisotopic (exact) mass is 279 g/mol. The maximum absolute atomic E-state index is 13.2. The fourth-order valence-electron chi connectivity index (χ4n) is 2.58. The number of hydrogen-bond acceptors (Lipinski definition) is 1. The van der Waals surface area contributed by atoms with Crippen molar-refractivity contribution >= 4 is 0 Å². The number of rotatable bonds is 7. The molecule has 1 nitrogen and oxygen atoms in total. The van der Waals surface area contributed by atoms with Crippen molar-refractivity contribution in [3.05, 3.63) is 34.6 Å². The van der Waals surface area contributed by atoms with E-state index in [2.05, 4.69) is 26.1 Å². The van der Waals surface area contributed by atoms with Gasteiger partial charge in [-0.2, -0.15) is 0 Å². The van der Waals surface area contributed by atoms with Crippen molar-refractivity contribution in [3.8, 4) is 0 Å². The number of benzene rings is 1. The summed E-state index contributed by atoms with van der Waals surface area (Å²) in [6.45, 7) is 11.7. The summed E-state index contributed by atoms with van der Waals surface area (Å²) in [6.07, 6.45) is 6.02. The van der Waals surface area contributed by atoms with Crippen LogP contribution >= 0.6 is 0 Å². The van der Waals surface area contributed by atoms with Crippen LogP contribution in [0.25, 0.3) is 0 Å². The molecule has 0 spiro atoms. The first-order valence-electron chi connectivity index (χ1n) is 7.80. The molecule has 0 radical (unpaired) electrons. The second kappa shape index (κ2) is 7.78. The fourth-order valence-corrected chi connectivity index (χ4v) is 2.58. The third-order valence-electron chi connectivity index (χ3n) is 3.67. The Morgan fingerprint density at radius 1 is 0.950 bits per heavy atom. The zero-order valence-corrected chi connectivity index (χ0v) is 13.8. The highest BCUT2D eigenvalue weighted by atomic mass is 19.1. The Labute approximate surface area is 124 Å². The van der Waals surface area contributed by atoms with Gasteiger partial charge in [-0.25, -0.2) is 4.39 Å². The van der Waals surface area contributed by atoms with Crippen molar-refractivity contribution in [2.24, 2.45) is 0 Å². The molecule has 0 bridgehead atoms. The van der Waals surface area contributed by atoms with E-state index >= 15 is 0 Å². The first-order chi connectivity index (χ1) is 9.29. The van der Waals surface area contributed by atoms with E-state index in [0.29, 0.717) is 0 Å². The van der Waals surface area contributed by atoms with Crippen LogP contribution in [0.15, 0.2) is 12.1 Å². The molecule has 0 aliphatic heterocycles. The molecule has 114 valence electrons. The maximum Gasteiger partial charge on any atom is 0.123 e. The van der Waals surface area contributed by atoms with Crippen LogP contribution in [0, 0.1) is 19.7 Å². The summed E-state index contributed by atoms with van der Waals surface area (Å²) in [5.41, 5.74) is 3.75. The topological polar surface area (TPSA) is 12.0 Å². The molecule has 1 rings (SSSR count). The van der Waals surface area contributed by atoms with Crippen molar-refractivity contribution in [2.45, 2.75) is 72.3 Å². The van der Waals surface area contributed by atoms with Gasteiger partial charge in [0, 0.05) is 5.54 Å². The minimum atomic E-state index is -0.114. The Balaban J connectivity index is 2.22. The number of halogens is 1. The van der Waals surface area contributed by atoms with Crippen molar-refractivity contribution in [2.75, 3.05) is 6.54 Å². The Morgan fingerprint density at radius 2 is 1.50 bits per heavy atom. The average molecular weight is 279 g/mol. The van der Waals surface area contributed by atoms with E-state index in [4.69, 9.17) is 0 Å². The van der Waals surface area contributed by atoms with Gasteiger partial charge in [0.1, 0.15) is 5.82 Å². The summed E-state index contributed by atoms with van der Waals surface area (Å²) in [4.78, 5) is 0. The minimum absolute atomic E-state index is 0.114. The van der Waals surface area contributed by atoms with Crippen molar-refractivity contribution in [1.82, 2.24) is 5.32 Å². The Hall–Kier alpha value is -0.890. The van der Waals surface area contributed by atoms with Gasteiger partial charge in [-0.15, -0.1) is 0 Å². The largest absolute Gasteiger partial charge is 0.312 e. The Morgan fingerprint density at radius 3 is 2.05 bits per heavy atom. The lowest BCUT2D eigenvalue weighted by atomic mass is 9.97. The molecule has 0 unspecified atom stereocenters. The minimum Gasteiger partial charge on any atom is -0.312 e. The SMILES string of the molecule is Cc1cc(F)cc(C)c1CCCCCCNC(C)(C)C. The molecule has 0 aliphatic rings. The van der Waals surface area contributed by atoms with E-state index < -0.39 is 0 Å². The molecule has 0 fully saturated rings. The summed E-state index contributed by atoms with van der Waals surface area (Å²) in [6, 6.07) is 3.30. The molecule has 1 aromatic rings. The van der Waals surface area contributed by atoms with Crippen molar-refractivity contribution < 1.29 is 4.39 Å². The van der Waals surface area contributed by atoms with E-state index in [9.17, 15) is 4.39 Å². The molecule has 0 aliphatic carbocycles. The highest BCUT2D eigenvalue weighted by Crippen LogP contribution is 2.18. The number of aryl methyl sites for hydroxylation is 2. The van der Waals surface area contributed by atoms with Crippen LogP contribution in [0.1, 0.15) is 63.1 Å². The van der Waals surface area contributed by atoms with E-state index in [1.165, 1.54) is 31.2 Å². The second-order valence-corrected chi connectivity index (χ2v) is 6.86. The molecule has 0 saturated carbocycles. The van der Waals surface area contributed by atoms with Crippen LogP contribution in [-0.4, -0.2) is 12.1 Å². The molecule has 0 amide bonds. The predicted octanol–water partition coefficient (Wildman–Crippen LogP) is 4.93. The number of nitrogens with one attached hydrogen (secondary N) is 1. The molecule has 1 N–H and O–H groups in total. The molecule has 0 atom stereocenters. The molecule has 0 saturated heterocycles. The van der Waals surface area contributed by atoms with Gasteiger partial charge >= 0.3 is 0 Å². The Bertz CT molecular complexity index is 395. The van der Waals surface area contributed by atoms with Crippen LogP contribution in [0.2, 0.25) is 0 Å². The average Bonchev–Trinajstić information content (AvgIpc) is 2.29. The van der Waals surface area contributed by atoms with Gasteiger partial charge in [0.05, 0.1) is 0 Å². The molecule has 0 heterocycles. The number of hydrogen-bond donors (Lipinski definition) is 1. The fraction of sp³-hybridized carbons (Fsp3) is 0.667. The lowest BCUT2D eigenvalue weighted by Gasteiger charge is -2.20. The first kappa shape index (κ1) is 17.2. The number of unbranched alkanes of at least 4 members (excludes halogenated alkanes) is 3. The zero-order chi connectivity index (χ0) is 15.2. The van der Waals surface area contributed by atoms with Crippen molar-refractivity contribution in [1.29, 1.82) is 0 Å². The van der Waals surface area contributed by atoms with Crippen LogP contribution in [0.4, 0.5) is 4.39 Å². The molecular formula is C18H30FN. The highest BCUT2D eigenvalue weighted by molar-refractivity contribution is 5.34. The summed E-state index contributed by atoms with van der Waals surface area (Å²) in [5.74, 6) is -0.114. The van der Waals surface area contributed by atoms with Gasteiger partial charge < -0.3 is 5.32 Å². The van der Waals surface area contributed by atoms with Gasteiger partial charge in [-0.05, 0) is 89.2 Å². The van der Waals surface area contributed by atoms with Gasteiger partial charge in [0.2, 0.25) is 0 Å². The predicted molar refractivity (Wildman–Crippen MR) is 85.8 cm³/mol. The first-order valence-corrected chi connectivity index (χ1v) is 7.80. The zero-order valence-electron chi connectivity index (χ0n) is 13.8. The lowest BCUT2D eigenvalue weighted by Crippen LogP contribution is -2.36. The standard InChI is InChI=1S/C18H30FN/c1-14-12-16(19)13-15(2)17(14)10-8-6-7-9-11-20-18(3,4)5/h12-13,20H,6-11H2,1-5H3. The van der Waals surface area contributed by atoms with Gasteiger partial charge in [0.15, 0.2) is 0 Å². The van der Waals surface area contributed by atoms with E-state index in [1.54, 1.807) is 12.1 Å². The summed E-state index contributed by atoms with van der Waals surface area (Å²) in [7, 11) is 0. The molecule has 2 heteroatoms. The summed E-state index contributed by atoms with van der Waals surface area (Å²) < 4.78 is 13.2. The Kier molecular flexibility index (Phi) is 6.67. The van der Waals surface area contributed by atoms with Crippen LogP contribution in [0.5, 0.6) is 0 Å². The summed E-state index contributed by atoms with van der Waals surface area (Å²) in [5, 5.41) is 3.51. The lowest BCUT2D eigenvalue weighted by molar-refractivity contribution is 0.416. The van der Waals surface area contributed by atoms with Crippen LogP contribution in [0.3, 0.4) is 0 Å². The normalized spacial score (nSPS) is 11.9.